The highest BCUT2D eigenvalue weighted by Gasteiger charge is 2.23. The minimum absolute atomic E-state index is 0.126. The minimum atomic E-state index is 0.126. The van der Waals surface area contributed by atoms with E-state index >= 15 is 0 Å². The maximum atomic E-state index is 5.71. The van der Waals surface area contributed by atoms with Crippen LogP contribution in [-0.2, 0) is 19.4 Å². The molecule has 136 valence electrons. The van der Waals surface area contributed by atoms with Crippen molar-refractivity contribution in [1.82, 2.24) is 10.1 Å². The average molecular weight is 414 g/mol. The molecule has 0 fully saturated rings. The second-order valence-electron chi connectivity index (χ2n) is 6.84. The summed E-state index contributed by atoms with van der Waals surface area (Å²) in [5, 5.41) is 4.26. The maximum Gasteiger partial charge on any atom is 0.226 e. The Balaban J connectivity index is 1.73. The molecule has 2 aromatic carbocycles. The van der Waals surface area contributed by atoms with E-state index in [2.05, 4.69) is 76.3 Å². The Labute approximate surface area is 162 Å². The van der Waals surface area contributed by atoms with Gasteiger partial charge in [-0.2, -0.15) is 4.98 Å². The van der Waals surface area contributed by atoms with Gasteiger partial charge in [0.15, 0.2) is 5.82 Å². The summed E-state index contributed by atoms with van der Waals surface area (Å²) in [5.41, 5.74) is 9.29. The summed E-state index contributed by atoms with van der Waals surface area (Å²) >= 11 is 3.49. The minimum Gasteiger partial charge on any atom is -0.339 e. The van der Waals surface area contributed by atoms with E-state index in [0.717, 1.165) is 28.7 Å². The molecule has 0 saturated heterocycles. The van der Waals surface area contributed by atoms with Gasteiger partial charge in [-0.1, -0.05) is 71.3 Å². The maximum absolute atomic E-state index is 5.71. The number of nitrogens with zero attached hydrogens (tertiary/aromatic N) is 2. The standard InChI is InChI=1S/C21H24BrN3O/c1-14(2)20(17-7-9-18(22)10-8-17)21-24-19(26-25-21)11-6-15-4-3-5-16(12-15)13-23/h3-5,7-10,12,14,20H,6,11,13,23H2,1-2H3. The van der Waals surface area contributed by atoms with Crippen molar-refractivity contribution in [3.8, 4) is 0 Å². The van der Waals surface area contributed by atoms with Crippen molar-refractivity contribution in [2.75, 3.05) is 0 Å². The molecule has 0 aliphatic carbocycles. The third-order valence-electron chi connectivity index (χ3n) is 4.51. The Morgan fingerprint density at radius 2 is 1.77 bits per heavy atom. The number of hydrogen-bond acceptors (Lipinski definition) is 4. The van der Waals surface area contributed by atoms with Gasteiger partial charge in [0.2, 0.25) is 5.89 Å². The molecular formula is C21H24BrN3O. The van der Waals surface area contributed by atoms with E-state index in [-0.39, 0.29) is 5.92 Å². The van der Waals surface area contributed by atoms with Crippen molar-refractivity contribution in [3.63, 3.8) is 0 Å². The fourth-order valence-corrected chi connectivity index (χ4v) is 3.43. The Morgan fingerprint density at radius 1 is 1.04 bits per heavy atom. The van der Waals surface area contributed by atoms with Gasteiger partial charge in [-0.05, 0) is 41.2 Å². The molecule has 1 atom stereocenters. The van der Waals surface area contributed by atoms with Crippen LogP contribution in [-0.4, -0.2) is 10.1 Å². The predicted molar refractivity (Wildman–Crippen MR) is 107 cm³/mol. The second-order valence-corrected chi connectivity index (χ2v) is 7.76. The van der Waals surface area contributed by atoms with E-state index in [0.29, 0.717) is 18.4 Å². The number of halogens is 1. The van der Waals surface area contributed by atoms with Crippen LogP contribution in [0.15, 0.2) is 57.5 Å². The molecule has 1 aromatic heterocycles. The van der Waals surface area contributed by atoms with Crippen LogP contribution in [0, 0.1) is 5.92 Å². The monoisotopic (exact) mass is 413 g/mol. The van der Waals surface area contributed by atoms with Crippen LogP contribution >= 0.6 is 15.9 Å². The molecule has 0 radical (unpaired) electrons. The SMILES string of the molecule is CC(C)C(c1ccc(Br)cc1)c1noc(CCc2cccc(CN)c2)n1. The van der Waals surface area contributed by atoms with Gasteiger partial charge in [0, 0.05) is 23.4 Å². The molecule has 3 aromatic rings. The summed E-state index contributed by atoms with van der Waals surface area (Å²) < 4.78 is 6.59. The van der Waals surface area contributed by atoms with E-state index in [1.165, 1.54) is 11.1 Å². The third-order valence-corrected chi connectivity index (χ3v) is 5.04. The lowest BCUT2D eigenvalue weighted by Gasteiger charge is -2.17. The van der Waals surface area contributed by atoms with E-state index in [9.17, 15) is 0 Å². The number of hydrogen-bond donors (Lipinski definition) is 1. The molecule has 0 aliphatic heterocycles. The highest BCUT2D eigenvalue weighted by molar-refractivity contribution is 9.10. The van der Waals surface area contributed by atoms with E-state index in [1.807, 2.05) is 12.1 Å². The summed E-state index contributed by atoms with van der Waals surface area (Å²) in [7, 11) is 0. The van der Waals surface area contributed by atoms with E-state index < -0.39 is 0 Å². The van der Waals surface area contributed by atoms with E-state index in [1.54, 1.807) is 0 Å². The Hall–Kier alpha value is -1.98. The number of nitrogens with two attached hydrogens (primary N) is 1. The lowest BCUT2D eigenvalue weighted by atomic mass is 9.88. The molecule has 5 heteroatoms. The highest BCUT2D eigenvalue weighted by atomic mass is 79.9. The second kappa shape index (κ2) is 8.60. The van der Waals surface area contributed by atoms with Crippen LogP contribution in [0.2, 0.25) is 0 Å². The number of aryl methyl sites for hydroxylation is 2. The van der Waals surface area contributed by atoms with Gasteiger partial charge in [-0.3, -0.25) is 0 Å². The molecule has 1 heterocycles. The number of aromatic nitrogens is 2. The zero-order valence-electron chi connectivity index (χ0n) is 15.2. The molecule has 26 heavy (non-hydrogen) atoms. The topological polar surface area (TPSA) is 64.9 Å². The fourth-order valence-electron chi connectivity index (χ4n) is 3.16. The molecule has 0 saturated carbocycles. The molecule has 4 nitrogen and oxygen atoms in total. The van der Waals surface area contributed by atoms with Gasteiger partial charge in [0.25, 0.3) is 0 Å². The third kappa shape index (κ3) is 4.59. The summed E-state index contributed by atoms with van der Waals surface area (Å²) in [6.45, 7) is 4.92. The van der Waals surface area contributed by atoms with Crippen LogP contribution in [0.4, 0.5) is 0 Å². The summed E-state index contributed by atoms with van der Waals surface area (Å²) in [6.07, 6.45) is 1.59. The Kier molecular flexibility index (Phi) is 6.22. The molecule has 0 amide bonds. The van der Waals surface area contributed by atoms with Crippen molar-refractivity contribution in [3.05, 3.63) is 81.4 Å². The largest absolute Gasteiger partial charge is 0.339 e. The predicted octanol–water partition coefficient (Wildman–Crippen LogP) is 4.86. The van der Waals surface area contributed by atoms with Gasteiger partial charge < -0.3 is 10.3 Å². The lowest BCUT2D eigenvalue weighted by molar-refractivity contribution is 0.367. The van der Waals surface area contributed by atoms with Crippen LogP contribution in [0.3, 0.4) is 0 Å². The van der Waals surface area contributed by atoms with E-state index in [4.69, 9.17) is 10.3 Å². The molecule has 0 bridgehead atoms. The lowest BCUT2D eigenvalue weighted by Crippen LogP contribution is -2.10. The normalized spacial score (nSPS) is 12.5. The average Bonchev–Trinajstić information content (AvgIpc) is 3.10. The first-order valence-corrected chi connectivity index (χ1v) is 9.72. The molecule has 2 N–H and O–H groups in total. The van der Waals surface area contributed by atoms with Crippen molar-refractivity contribution < 1.29 is 4.52 Å². The summed E-state index contributed by atoms with van der Waals surface area (Å²) in [5.74, 6) is 1.94. The Morgan fingerprint density at radius 3 is 2.46 bits per heavy atom. The van der Waals surface area contributed by atoms with Crippen LogP contribution in [0.25, 0.3) is 0 Å². The van der Waals surface area contributed by atoms with Gasteiger partial charge in [0.1, 0.15) is 0 Å². The Bertz CT molecular complexity index is 842. The zero-order valence-corrected chi connectivity index (χ0v) is 16.7. The summed E-state index contributed by atoms with van der Waals surface area (Å²) in [6, 6.07) is 16.7. The van der Waals surface area contributed by atoms with Gasteiger partial charge in [-0.15, -0.1) is 0 Å². The van der Waals surface area contributed by atoms with Crippen molar-refractivity contribution in [1.29, 1.82) is 0 Å². The summed E-state index contributed by atoms with van der Waals surface area (Å²) in [4.78, 5) is 4.67. The first-order valence-electron chi connectivity index (χ1n) is 8.92. The van der Waals surface area contributed by atoms with Crippen LogP contribution < -0.4 is 5.73 Å². The van der Waals surface area contributed by atoms with Crippen molar-refractivity contribution in [2.45, 2.75) is 39.2 Å². The molecule has 1 unspecified atom stereocenters. The molecule has 0 spiro atoms. The van der Waals surface area contributed by atoms with Crippen LogP contribution in [0.1, 0.15) is 48.2 Å². The quantitative estimate of drug-likeness (QED) is 0.600. The number of rotatable bonds is 7. The first kappa shape index (κ1) is 18.8. The van der Waals surface area contributed by atoms with Gasteiger partial charge in [-0.25, -0.2) is 0 Å². The van der Waals surface area contributed by atoms with Crippen LogP contribution in [0.5, 0.6) is 0 Å². The van der Waals surface area contributed by atoms with Gasteiger partial charge >= 0.3 is 0 Å². The number of benzene rings is 2. The molecule has 0 aliphatic rings. The zero-order chi connectivity index (χ0) is 18.5. The molecular weight excluding hydrogens is 390 g/mol. The first-order chi connectivity index (χ1) is 12.6. The molecule has 3 rings (SSSR count). The fraction of sp³-hybridized carbons (Fsp3) is 0.333. The highest BCUT2D eigenvalue weighted by Crippen LogP contribution is 2.30. The van der Waals surface area contributed by atoms with Crippen molar-refractivity contribution >= 4 is 15.9 Å². The smallest absolute Gasteiger partial charge is 0.226 e. The van der Waals surface area contributed by atoms with Crippen molar-refractivity contribution in [2.24, 2.45) is 11.7 Å². The van der Waals surface area contributed by atoms with Gasteiger partial charge in [0.05, 0.1) is 0 Å².